The molecule has 1 fully saturated rings. The first-order valence-corrected chi connectivity index (χ1v) is 5.91. The van der Waals surface area contributed by atoms with E-state index in [9.17, 15) is 0 Å². The minimum absolute atomic E-state index is 0. The van der Waals surface area contributed by atoms with Crippen LogP contribution >= 0.6 is 28.3 Å². The third-order valence-corrected chi connectivity index (χ3v) is 3.92. The van der Waals surface area contributed by atoms with E-state index in [0.717, 1.165) is 13.1 Å². The average molecular weight is 290 g/mol. The van der Waals surface area contributed by atoms with Gasteiger partial charge in [-0.15, -0.1) is 12.4 Å². The highest BCUT2D eigenvalue weighted by atomic mass is 79.9. The average Bonchev–Trinajstić information content (AvgIpc) is 2.59. The van der Waals surface area contributed by atoms with Crippen molar-refractivity contribution in [2.24, 2.45) is 0 Å². The van der Waals surface area contributed by atoms with Gasteiger partial charge >= 0.3 is 0 Å². The van der Waals surface area contributed by atoms with E-state index in [1.165, 1.54) is 22.1 Å². The Morgan fingerprint density at radius 2 is 2.20 bits per heavy atom. The SMILES string of the molecule is Brc1cccc2c1NC1CCNCC21.Cl. The Bertz CT molecular complexity index is 370. The van der Waals surface area contributed by atoms with E-state index in [4.69, 9.17) is 0 Å². The number of fused-ring (bicyclic) bond motifs is 3. The fourth-order valence-corrected chi connectivity index (χ4v) is 3.04. The number of halogens is 2. The molecular formula is C11H14BrClN2. The van der Waals surface area contributed by atoms with Gasteiger partial charge in [0.25, 0.3) is 0 Å². The maximum absolute atomic E-state index is 3.62. The van der Waals surface area contributed by atoms with E-state index >= 15 is 0 Å². The number of rotatable bonds is 0. The first-order valence-electron chi connectivity index (χ1n) is 5.12. The Balaban J connectivity index is 0.000000853. The van der Waals surface area contributed by atoms with Crippen LogP contribution in [-0.2, 0) is 0 Å². The summed E-state index contributed by atoms with van der Waals surface area (Å²) in [6.07, 6.45) is 1.23. The van der Waals surface area contributed by atoms with E-state index in [2.05, 4.69) is 44.8 Å². The maximum atomic E-state index is 3.62. The Labute approximate surface area is 104 Å². The van der Waals surface area contributed by atoms with Crippen molar-refractivity contribution in [3.05, 3.63) is 28.2 Å². The fourth-order valence-electron chi connectivity index (χ4n) is 2.55. The third kappa shape index (κ3) is 1.77. The molecule has 2 nitrogen and oxygen atoms in total. The molecule has 2 aliphatic rings. The number of para-hydroxylation sites is 1. The molecule has 15 heavy (non-hydrogen) atoms. The van der Waals surface area contributed by atoms with E-state index in [1.54, 1.807) is 0 Å². The van der Waals surface area contributed by atoms with Gasteiger partial charge in [0.1, 0.15) is 0 Å². The van der Waals surface area contributed by atoms with Gasteiger partial charge in [0, 0.05) is 23.0 Å². The van der Waals surface area contributed by atoms with E-state index in [-0.39, 0.29) is 12.4 Å². The van der Waals surface area contributed by atoms with E-state index in [1.807, 2.05) is 0 Å². The monoisotopic (exact) mass is 288 g/mol. The minimum atomic E-state index is 0. The molecule has 0 saturated carbocycles. The Hall–Kier alpha value is -0.250. The summed E-state index contributed by atoms with van der Waals surface area (Å²) in [5, 5.41) is 7.08. The zero-order valence-electron chi connectivity index (χ0n) is 8.29. The third-order valence-electron chi connectivity index (χ3n) is 3.26. The molecule has 0 aromatic heterocycles. The molecule has 2 N–H and O–H groups in total. The summed E-state index contributed by atoms with van der Waals surface area (Å²) in [6.45, 7) is 2.25. The molecule has 2 aliphatic heterocycles. The van der Waals surface area contributed by atoms with Gasteiger partial charge in [-0.05, 0) is 40.5 Å². The number of hydrogen-bond acceptors (Lipinski definition) is 2. The molecule has 2 heterocycles. The second kappa shape index (κ2) is 4.32. The number of benzene rings is 1. The van der Waals surface area contributed by atoms with Gasteiger partial charge in [0.05, 0.1) is 5.69 Å². The summed E-state index contributed by atoms with van der Waals surface area (Å²) in [5.74, 6) is 0.663. The smallest absolute Gasteiger partial charge is 0.0523 e. The van der Waals surface area contributed by atoms with Gasteiger partial charge in [-0.25, -0.2) is 0 Å². The van der Waals surface area contributed by atoms with Crippen molar-refractivity contribution in [2.75, 3.05) is 18.4 Å². The highest BCUT2D eigenvalue weighted by Crippen LogP contribution is 2.41. The molecule has 1 aromatic rings. The van der Waals surface area contributed by atoms with Crippen molar-refractivity contribution in [1.29, 1.82) is 0 Å². The van der Waals surface area contributed by atoms with Crippen LogP contribution in [0.5, 0.6) is 0 Å². The Morgan fingerprint density at radius 3 is 3.07 bits per heavy atom. The predicted molar refractivity (Wildman–Crippen MR) is 69.0 cm³/mol. The maximum Gasteiger partial charge on any atom is 0.0523 e. The molecule has 0 amide bonds. The first-order chi connectivity index (χ1) is 6.86. The van der Waals surface area contributed by atoms with Crippen LogP contribution in [0.15, 0.2) is 22.7 Å². The summed E-state index contributed by atoms with van der Waals surface area (Å²) in [4.78, 5) is 0. The summed E-state index contributed by atoms with van der Waals surface area (Å²) in [6, 6.07) is 7.12. The summed E-state index contributed by atoms with van der Waals surface area (Å²) in [5.41, 5.74) is 2.78. The van der Waals surface area contributed by atoms with Crippen molar-refractivity contribution in [2.45, 2.75) is 18.4 Å². The highest BCUT2D eigenvalue weighted by Gasteiger charge is 2.34. The van der Waals surface area contributed by atoms with Gasteiger partial charge in [-0.1, -0.05) is 12.1 Å². The van der Waals surface area contributed by atoms with Gasteiger partial charge in [0.15, 0.2) is 0 Å². The van der Waals surface area contributed by atoms with Crippen LogP contribution in [-0.4, -0.2) is 19.1 Å². The lowest BCUT2D eigenvalue weighted by atomic mass is 9.91. The molecule has 0 spiro atoms. The summed E-state index contributed by atoms with van der Waals surface area (Å²) < 4.78 is 1.20. The quantitative estimate of drug-likeness (QED) is 0.767. The molecule has 82 valence electrons. The zero-order chi connectivity index (χ0) is 9.54. The van der Waals surface area contributed by atoms with Crippen LogP contribution in [0.3, 0.4) is 0 Å². The van der Waals surface area contributed by atoms with E-state index in [0.29, 0.717) is 12.0 Å². The fraction of sp³-hybridized carbons (Fsp3) is 0.455. The van der Waals surface area contributed by atoms with Crippen molar-refractivity contribution in [1.82, 2.24) is 5.32 Å². The lowest BCUT2D eigenvalue weighted by molar-refractivity contribution is 0.440. The molecule has 0 aliphatic carbocycles. The number of hydrogen-bond donors (Lipinski definition) is 2. The molecule has 2 unspecified atom stereocenters. The van der Waals surface area contributed by atoms with Crippen LogP contribution in [0.1, 0.15) is 17.9 Å². The summed E-state index contributed by atoms with van der Waals surface area (Å²) >= 11 is 3.60. The second-order valence-corrected chi connectivity index (χ2v) is 4.91. The lowest BCUT2D eigenvalue weighted by Crippen LogP contribution is -2.38. The zero-order valence-corrected chi connectivity index (χ0v) is 10.7. The normalized spacial score (nSPS) is 27.3. The largest absolute Gasteiger partial charge is 0.380 e. The van der Waals surface area contributed by atoms with Crippen LogP contribution in [0.4, 0.5) is 5.69 Å². The number of nitrogens with one attached hydrogen (secondary N) is 2. The van der Waals surface area contributed by atoms with Crippen LogP contribution in [0, 0.1) is 0 Å². The lowest BCUT2D eigenvalue weighted by Gasteiger charge is -2.26. The van der Waals surface area contributed by atoms with Gasteiger partial charge in [-0.2, -0.15) is 0 Å². The molecule has 4 heteroatoms. The molecule has 2 atom stereocenters. The highest BCUT2D eigenvalue weighted by molar-refractivity contribution is 9.10. The first kappa shape index (κ1) is 11.2. The van der Waals surface area contributed by atoms with Crippen LogP contribution in [0.2, 0.25) is 0 Å². The molecule has 3 rings (SSSR count). The summed E-state index contributed by atoms with van der Waals surface area (Å²) in [7, 11) is 0. The number of piperidine rings is 1. The van der Waals surface area contributed by atoms with Gasteiger partial charge in [0.2, 0.25) is 0 Å². The van der Waals surface area contributed by atoms with Crippen LogP contribution in [0.25, 0.3) is 0 Å². The Kier molecular flexibility index (Phi) is 3.24. The molecular weight excluding hydrogens is 275 g/mol. The Morgan fingerprint density at radius 1 is 1.33 bits per heavy atom. The van der Waals surface area contributed by atoms with Crippen LogP contribution < -0.4 is 10.6 Å². The second-order valence-electron chi connectivity index (χ2n) is 4.05. The molecule has 0 radical (unpaired) electrons. The van der Waals surface area contributed by atoms with Gasteiger partial charge in [-0.3, -0.25) is 0 Å². The standard InChI is InChI=1S/C11H13BrN2.ClH/c12-9-3-1-2-7-8-6-13-5-4-10(8)14-11(7)9;/h1-3,8,10,13-14H,4-6H2;1H. The van der Waals surface area contributed by atoms with Crippen molar-refractivity contribution in [3.8, 4) is 0 Å². The number of anilines is 1. The topological polar surface area (TPSA) is 24.1 Å². The van der Waals surface area contributed by atoms with E-state index < -0.39 is 0 Å². The minimum Gasteiger partial charge on any atom is -0.380 e. The molecule has 0 bridgehead atoms. The van der Waals surface area contributed by atoms with Crippen molar-refractivity contribution < 1.29 is 0 Å². The van der Waals surface area contributed by atoms with Crippen molar-refractivity contribution in [3.63, 3.8) is 0 Å². The van der Waals surface area contributed by atoms with Crippen molar-refractivity contribution >= 4 is 34.0 Å². The predicted octanol–water partition coefficient (Wildman–Crippen LogP) is 2.74. The molecule has 1 saturated heterocycles. The van der Waals surface area contributed by atoms with Gasteiger partial charge < -0.3 is 10.6 Å². The molecule has 1 aromatic carbocycles.